The molecule has 5 heteroatoms. The van der Waals surface area contributed by atoms with Gasteiger partial charge in [0, 0.05) is 12.1 Å². The Balaban J connectivity index is 1.64. The lowest BCUT2D eigenvalue weighted by Crippen LogP contribution is -2.40. The number of rotatable bonds is 4. The molecule has 21 heavy (non-hydrogen) atoms. The van der Waals surface area contributed by atoms with E-state index in [1.165, 1.54) is 25.7 Å². The maximum Gasteiger partial charge on any atom is 0.171 e. The molecule has 1 aromatic carbocycles. The minimum Gasteiger partial charge on any atom is -0.497 e. The van der Waals surface area contributed by atoms with Gasteiger partial charge in [-0.3, -0.25) is 0 Å². The van der Waals surface area contributed by atoms with E-state index in [-0.39, 0.29) is 0 Å². The van der Waals surface area contributed by atoms with E-state index >= 15 is 0 Å². The largest absolute Gasteiger partial charge is 0.497 e. The quantitative estimate of drug-likeness (QED) is 0.836. The van der Waals surface area contributed by atoms with Gasteiger partial charge >= 0.3 is 0 Å². The summed E-state index contributed by atoms with van der Waals surface area (Å²) >= 11 is 5.46. The van der Waals surface area contributed by atoms with E-state index in [1.54, 1.807) is 14.2 Å². The van der Waals surface area contributed by atoms with Crippen molar-refractivity contribution in [3.05, 3.63) is 18.2 Å². The Labute approximate surface area is 131 Å². The highest BCUT2D eigenvalue weighted by Crippen LogP contribution is 2.44. The van der Waals surface area contributed by atoms with Crippen molar-refractivity contribution in [3.8, 4) is 11.5 Å². The molecule has 1 aromatic rings. The Bertz CT molecular complexity index is 535. The zero-order chi connectivity index (χ0) is 14.8. The lowest BCUT2D eigenvalue weighted by atomic mass is 9.96. The predicted molar refractivity (Wildman–Crippen MR) is 88.1 cm³/mol. The zero-order valence-electron chi connectivity index (χ0n) is 12.5. The van der Waals surface area contributed by atoms with Crippen LogP contribution in [0.3, 0.4) is 0 Å². The molecule has 2 N–H and O–H groups in total. The molecule has 0 radical (unpaired) electrons. The summed E-state index contributed by atoms with van der Waals surface area (Å²) in [6.07, 6.45) is 5.35. The van der Waals surface area contributed by atoms with Crippen LogP contribution in [-0.4, -0.2) is 25.4 Å². The van der Waals surface area contributed by atoms with Crippen LogP contribution in [0.1, 0.15) is 25.7 Å². The maximum absolute atomic E-state index is 5.46. The van der Waals surface area contributed by atoms with Gasteiger partial charge in [-0.05, 0) is 55.4 Å². The molecular weight excluding hydrogens is 284 g/mol. The first-order valence-electron chi connectivity index (χ1n) is 7.49. The smallest absolute Gasteiger partial charge is 0.171 e. The maximum atomic E-state index is 5.46. The topological polar surface area (TPSA) is 42.5 Å². The Morgan fingerprint density at radius 3 is 2.67 bits per heavy atom. The molecule has 2 saturated carbocycles. The number of fused-ring (bicyclic) bond motifs is 2. The van der Waals surface area contributed by atoms with E-state index in [1.807, 2.05) is 18.2 Å². The molecule has 0 amide bonds. The highest BCUT2D eigenvalue weighted by molar-refractivity contribution is 7.80. The first-order valence-corrected chi connectivity index (χ1v) is 7.90. The van der Waals surface area contributed by atoms with Gasteiger partial charge < -0.3 is 20.1 Å². The summed E-state index contributed by atoms with van der Waals surface area (Å²) < 4.78 is 10.6. The molecule has 2 fully saturated rings. The third-order valence-corrected chi connectivity index (χ3v) is 4.93. The molecule has 2 bridgehead atoms. The molecule has 2 aliphatic carbocycles. The molecule has 4 nitrogen and oxygen atoms in total. The lowest BCUT2D eigenvalue weighted by molar-refractivity contribution is 0.391. The van der Waals surface area contributed by atoms with Gasteiger partial charge in [0.05, 0.1) is 19.9 Å². The van der Waals surface area contributed by atoms with E-state index in [0.29, 0.717) is 11.2 Å². The van der Waals surface area contributed by atoms with E-state index in [0.717, 1.165) is 29.0 Å². The molecule has 3 atom stereocenters. The predicted octanol–water partition coefficient (Wildman–Crippen LogP) is 3.18. The second-order valence-electron chi connectivity index (χ2n) is 5.95. The molecule has 0 heterocycles. The van der Waals surface area contributed by atoms with Gasteiger partial charge in [0.25, 0.3) is 0 Å². The zero-order valence-corrected chi connectivity index (χ0v) is 13.3. The SMILES string of the molecule is COc1ccc(OC)c(NC(=S)N[C@H]2C[C@H]3CC[C@@H]2C3)c1. The average Bonchev–Trinajstić information content (AvgIpc) is 3.09. The summed E-state index contributed by atoms with van der Waals surface area (Å²) in [5, 5.41) is 7.38. The number of methoxy groups -OCH3 is 2. The van der Waals surface area contributed by atoms with Crippen molar-refractivity contribution >= 4 is 23.0 Å². The normalized spacial score (nSPS) is 26.5. The molecule has 0 unspecified atom stereocenters. The summed E-state index contributed by atoms with van der Waals surface area (Å²) in [4.78, 5) is 0. The molecular formula is C16H22N2O2S. The number of hydrogen-bond donors (Lipinski definition) is 2. The fourth-order valence-electron chi connectivity index (χ4n) is 3.66. The van der Waals surface area contributed by atoms with Crippen LogP contribution in [0.25, 0.3) is 0 Å². The van der Waals surface area contributed by atoms with Crippen LogP contribution in [0.2, 0.25) is 0 Å². The van der Waals surface area contributed by atoms with Gasteiger partial charge in [-0.25, -0.2) is 0 Å². The van der Waals surface area contributed by atoms with E-state index in [9.17, 15) is 0 Å². The monoisotopic (exact) mass is 306 g/mol. The average molecular weight is 306 g/mol. The van der Waals surface area contributed by atoms with Gasteiger partial charge in [0.2, 0.25) is 0 Å². The number of anilines is 1. The van der Waals surface area contributed by atoms with Crippen molar-refractivity contribution in [2.24, 2.45) is 11.8 Å². The van der Waals surface area contributed by atoms with Crippen LogP contribution >= 0.6 is 12.2 Å². The van der Waals surface area contributed by atoms with Gasteiger partial charge in [-0.2, -0.15) is 0 Å². The highest BCUT2D eigenvalue weighted by Gasteiger charge is 2.39. The first-order chi connectivity index (χ1) is 10.2. The summed E-state index contributed by atoms with van der Waals surface area (Å²) in [5.41, 5.74) is 0.831. The molecule has 114 valence electrons. The fourth-order valence-corrected chi connectivity index (χ4v) is 3.92. The van der Waals surface area contributed by atoms with Crippen molar-refractivity contribution in [2.45, 2.75) is 31.7 Å². The minimum atomic E-state index is 0.528. The second kappa shape index (κ2) is 6.10. The third-order valence-electron chi connectivity index (χ3n) is 4.71. The van der Waals surface area contributed by atoms with E-state index in [4.69, 9.17) is 21.7 Å². The lowest BCUT2D eigenvalue weighted by Gasteiger charge is -2.25. The number of ether oxygens (including phenoxy) is 2. The van der Waals surface area contributed by atoms with Crippen LogP contribution < -0.4 is 20.1 Å². The Morgan fingerprint density at radius 2 is 2.05 bits per heavy atom. The molecule has 2 aliphatic rings. The molecule has 0 aromatic heterocycles. The minimum absolute atomic E-state index is 0.528. The van der Waals surface area contributed by atoms with Gasteiger partial charge in [0.1, 0.15) is 11.5 Å². The van der Waals surface area contributed by atoms with Gasteiger partial charge in [0.15, 0.2) is 5.11 Å². The summed E-state index contributed by atoms with van der Waals surface area (Å²) in [7, 11) is 3.30. The molecule has 0 aliphatic heterocycles. The van der Waals surface area contributed by atoms with Crippen molar-refractivity contribution in [2.75, 3.05) is 19.5 Å². The molecule has 0 spiro atoms. The second-order valence-corrected chi connectivity index (χ2v) is 6.35. The number of hydrogen-bond acceptors (Lipinski definition) is 3. The van der Waals surface area contributed by atoms with Crippen molar-refractivity contribution < 1.29 is 9.47 Å². The van der Waals surface area contributed by atoms with E-state index in [2.05, 4.69) is 10.6 Å². The van der Waals surface area contributed by atoms with Crippen LogP contribution in [0.15, 0.2) is 18.2 Å². The number of nitrogens with one attached hydrogen (secondary N) is 2. The standard InChI is InChI=1S/C16H22N2O2S/c1-19-12-5-6-15(20-2)14(9-12)18-16(21)17-13-8-10-3-4-11(13)7-10/h5-6,9-11,13H,3-4,7-8H2,1-2H3,(H2,17,18,21)/t10-,11+,13-/m0/s1. The van der Waals surface area contributed by atoms with Crippen molar-refractivity contribution in [1.82, 2.24) is 5.32 Å². The fraction of sp³-hybridized carbons (Fsp3) is 0.562. The Kier molecular flexibility index (Phi) is 4.19. The van der Waals surface area contributed by atoms with Gasteiger partial charge in [-0.1, -0.05) is 6.42 Å². The Morgan fingerprint density at radius 1 is 1.19 bits per heavy atom. The van der Waals surface area contributed by atoms with Crippen LogP contribution in [0.4, 0.5) is 5.69 Å². The summed E-state index contributed by atoms with van der Waals surface area (Å²) in [6.45, 7) is 0. The number of thiocarbonyl (C=S) groups is 1. The summed E-state index contributed by atoms with van der Waals surface area (Å²) in [6, 6.07) is 6.17. The van der Waals surface area contributed by atoms with Crippen LogP contribution in [0, 0.1) is 11.8 Å². The highest BCUT2D eigenvalue weighted by atomic mass is 32.1. The van der Waals surface area contributed by atoms with Crippen LogP contribution in [0.5, 0.6) is 11.5 Å². The van der Waals surface area contributed by atoms with E-state index < -0.39 is 0 Å². The van der Waals surface area contributed by atoms with Crippen molar-refractivity contribution in [3.63, 3.8) is 0 Å². The van der Waals surface area contributed by atoms with Crippen molar-refractivity contribution in [1.29, 1.82) is 0 Å². The molecule has 3 rings (SSSR count). The van der Waals surface area contributed by atoms with Gasteiger partial charge in [-0.15, -0.1) is 0 Å². The number of benzene rings is 1. The summed E-state index contributed by atoms with van der Waals surface area (Å²) in [5.74, 6) is 3.23. The third kappa shape index (κ3) is 3.07. The molecule has 0 saturated heterocycles. The first kappa shape index (κ1) is 14.4. The van der Waals surface area contributed by atoms with Crippen LogP contribution in [-0.2, 0) is 0 Å². The Hall–Kier alpha value is -1.49.